The number of rotatable bonds is 10. The number of aliphatic hydroxyl groups is 2. The van der Waals surface area contributed by atoms with Crippen LogP contribution in [0.5, 0.6) is 0 Å². The second-order valence-electron chi connectivity index (χ2n) is 4.53. The van der Waals surface area contributed by atoms with E-state index in [9.17, 15) is 59.4 Å². The Labute approximate surface area is 237 Å². The summed E-state index contributed by atoms with van der Waals surface area (Å²) in [5.74, 6) is -15.8. The molecule has 0 fully saturated rings. The molecule has 0 bridgehead atoms. The van der Waals surface area contributed by atoms with E-state index in [0.29, 0.717) is 0 Å². The Morgan fingerprint density at radius 1 is 0.471 bits per heavy atom. The predicted molar refractivity (Wildman–Crippen MR) is 93.6 cm³/mol. The SMILES string of the molecule is O.O.O.O.O.O=C([O-])CC(C(=O)[O-])C(O)C(=O)[O-].O=C([O-])CC(C(=O)[O-])C(O)C(=O)[O-].[Mg+2].[Mg+2].[Mg+2]. The van der Waals surface area contributed by atoms with Crippen LogP contribution < -0.4 is 30.6 Å². The number of carboxylic acid groups (broad SMARTS) is 6. The first-order valence-electron chi connectivity index (χ1n) is 6.31. The van der Waals surface area contributed by atoms with E-state index in [1.165, 1.54) is 0 Å². The number of aliphatic carboxylic acids is 6. The van der Waals surface area contributed by atoms with Crippen LogP contribution in [0.2, 0.25) is 0 Å². The molecule has 0 aromatic rings. The van der Waals surface area contributed by atoms with Gasteiger partial charge in [-0.25, -0.2) is 0 Å². The largest absolute Gasteiger partial charge is 2.00 e. The van der Waals surface area contributed by atoms with E-state index in [1.54, 1.807) is 0 Å². The Kier molecular flexibility index (Phi) is 59.8. The van der Waals surface area contributed by atoms with E-state index in [1.807, 2.05) is 0 Å². The minimum atomic E-state index is -2.41. The quantitative estimate of drug-likeness (QED) is 0.242. The monoisotopic (exact) mass is 540 g/mol. The van der Waals surface area contributed by atoms with Crippen LogP contribution in [0.4, 0.5) is 0 Å². The first kappa shape index (κ1) is 63.8. The van der Waals surface area contributed by atoms with Gasteiger partial charge in [-0.3, -0.25) is 0 Å². The number of carboxylic acids is 6. The molecule has 0 saturated heterocycles. The van der Waals surface area contributed by atoms with Crippen molar-refractivity contribution in [1.29, 1.82) is 0 Å². The summed E-state index contributed by atoms with van der Waals surface area (Å²) in [5, 5.41) is 77.3. The third-order valence-corrected chi connectivity index (χ3v) is 2.62. The van der Waals surface area contributed by atoms with Crippen LogP contribution in [-0.4, -0.2) is 155 Å². The van der Waals surface area contributed by atoms with Crippen molar-refractivity contribution in [3.05, 3.63) is 0 Å². The topological polar surface area (TPSA) is 439 Å². The third kappa shape index (κ3) is 28.9. The normalized spacial score (nSPS) is 11.1. The van der Waals surface area contributed by atoms with Crippen molar-refractivity contribution in [2.24, 2.45) is 11.8 Å². The van der Waals surface area contributed by atoms with E-state index >= 15 is 0 Å². The van der Waals surface area contributed by atoms with Gasteiger partial charge in [0.05, 0.1) is 11.9 Å². The second kappa shape index (κ2) is 31.8. The van der Waals surface area contributed by atoms with Crippen molar-refractivity contribution in [3.63, 3.8) is 0 Å². The fourth-order valence-electron chi connectivity index (χ4n) is 1.34. The van der Waals surface area contributed by atoms with Gasteiger partial charge in [0.15, 0.2) is 0 Å². The van der Waals surface area contributed by atoms with Crippen molar-refractivity contribution in [3.8, 4) is 0 Å². The molecule has 0 aromatic carbocycles. The van der Waals surface area contributed by atoms with Gasteiger partial charge in [-0.1, -0.05) is 0 Å². The molecular weight excluding hydrogens is 521 g/mol. The molecule has 0 aromatic heterocycles. The van der Waals surface area contributed by atoms with Gasteiger partial charge in [-0.05, 0) is 12.8 Å². The Balaban J connectivity index is -0.0000000343. The van der Waals surface area contributed by atoms with Crippen LogP contribution in [0.15, 0.2) is 0 Å². The molecule has 0 spiro atoms. The summed E-state index contributed by atoms with van der Waals surface area (Å²) in [6.45, 7) is 0. The first-order valence-corrected chi connectivity index (χ1v) is 6.31. The van der Waals surface area contributed by atoms with E-state index < -0.39 is 72.7 Å². The molecule has 0 aliphatic heterocycles. The molecule has 0 aliphatic carbocycles. The van der Waals surface area contributed by atoms with Gasteiger partial charge in [-0.2, -0.15) is 0 Å². The minimum absolute atomic E-state index is 0. The number of hydrogen-bond acceptors (Lipinski definition) is 14. The molecule has 0 radical (unpaired) electrons. The van der Waals surface area contributed by atoms with Gasteiger partial charge < -0.3 is 97.0 Å². The molecule has 0 saturated carbocycles. The first-order chi connectivity index (χ1) is 11.7. The van der Waals surface area contributed by atoms with Crippen LogP contribution in [0, 0.1) is 11.8 Å². The summed E-state index contributed by atoms with van der Waals surface area (Å²) in [5.41, 5.74) is 0. The number of hydrogen-bond donors (Lipinski definition) is 2. The Morgan fingerprint density at radius 3 is 0.735 bits per heavy atom. The number of carbonyl (C=O) groups is 6. The van der Waals surface area contributed by atoms with Gasteiger partial charge in [0.1, 0.15) is 12.2 Å². The maximum Gasteiger partial charge on any atom is 2.00 e. The molecule has 188 valence electrons. The maximum atomic E-state index is 10.1. The smallest absolute Gasteiger partial charge is 0.550 e. The molecule has 22 heteroatoms. The zero-order valence-electron chi connectivity index (χ0n) is 17.1. The Bertz CT molecular complexity index is 535. The van der Waals surface area contributed by atoms with E-state index in [0.717, 1.165) is 0 Å². The predicted octanol–water partition coefficient (Wildman–Crippen LogP) is -16.1. The minimum Gasteiger partial charge on any atom is -0.550 e. The van der Waals surface area contributed by atoms with Crippen molar-refractivity contribution in [2.75, 3.05) is 0 Å². The van der Waals surface area contributed by atoms with Crippen molar-refractivity contribution >= 4 is 105 Å². The van der Waals surface area contributed by atoms with Crippen LogP contribution in [0.1, 0.15) is 12.8 Å². The van der Waals surface area contributed by atoms with Crippen molar-refractivity contribution < 1.29 is 97.0 Å². The molecule has 4 unspecified atom stereocenters. The molecule has 34 heavy (non-hydrogen) atoms. The van der Waals surface area contributed by atoms with Crippen molar-refractivity contribution in [2.45, 2.75) is 25.0 Å². The average molecular weight is 541 g/mol. The average Bonchev–Trinajstić information content (AvgIpc) is 2.48. The molecule has 0 amide bonds. The molecule has 4 atom stereocenters. The molecular formula is C12H20Mg3O19. The molecule has 19 nitrogen and oxygen atoms in total. The number of carbonyl (C=O) groups excluding carboxylic acids is 6. The van der Waals surface area contributed by atoms with Crippen molar-refractivity contribution in [1.82, 2.24) is 0 Å². The summed E-state index contributed by atoms with van der Waals surface area (Å²) < 4.78 is 0. The zero-order chi connectivity index (χ0) is 21.2. The second-order valence-corrected chi connectivity index (χ2v) is 4.53. The van der Waals surface area contributed by atoms with Gasteiger partial charge in [-0.15, -0.1) is 0 Å². The van der Waals surface area contributed by atoms with Gasteiger partial charge in [0.2, 0.25) is 0 Å². The Morgan fingerprint density at radius 2 is 0.647 bits per heavy atom. The summed E-state index contributed by atoms with van der Waals surface area (Å²) in [7, 11) is 0. The van der Waals surface area contributed by atoms with Gasteiger partial charge >= 0.3 is 69.2 Å². The fourth-order valence-corrected chi connectivity index (χ4v) is 1.34. The van der Waals surface area contributed by atoms with Crippen LogP contribution in [0.25, 0.3) is 0 Å². The van der Waals surface area contributed by atoms with Crippen LogP contribution in [-0.2, 0) is 28.8 Å². The summed E-state index contributed by atoms with van der Waals surface area (Å²) in [4.78, 5) is 60.0. The standard InChI is InChI=1S/2C6H8O7.3Mg.5H2O/c2*7-3(8)1-2(5(10)11)4(9)6(12)13;;;;;;;;/h2*2,4,9H,1H2,(H,7,8)(H,10,11)(H,12,13);;;;5*1H2/q;;3*+2;;;;;/p-6. The summed E-state index contributed by atoms with van der Waals surface area (Å²) in [6.07, 6.45) is -7.11. The van der Waals surface area contributed by atoms with E-state index in [2.05, 4.69) is 0 Å². The van der Waals surface area contributed by atoms with Gasteiger partial charge in [0, 0.05) is 35.7 Å². The summed E-state index contributed by atoms with van der Waals surface area (Å²) in [6, 6.07) is 0. The van der Waals surface area contributed by atoms with Crippen LogP contribution in [0.3, 0.4) is 0 Å². The molecule has 0 aliphatic rings. The Hall–Kier alpha value is -1.16. The van der Waals surface area contributed by atoms with E-state index in [-0.39, 0.29) is 96.5 Å². The van der Waals surface area contributed by atoms with Crippen LogP contribution >= 0.6 is 0 Å². The maximum absolute atomic E-state index is 10.1. The number of aliphatic hydroxyl groups excluding tert-OH is 2. The molecule has 0 heterocycles. The molecule has 0 rings (SSSR count). The third-order valence-electron chi connectivity index (χ3n) is 2.62. The van der Waals surface area contributed by atoms with E-state index in [4.69, 9.17) is 10.2 Å². The van der Waals surface area contributed by atoms with Gasteiger partial charge in [0.25, 0.3) is 0 Å². The zero-order valence-corrected chi connectivity index (χ0v) is 21.4. The molecule has 12 N–H and O–H groups in total. The fraction of sp³-hybridized carbons (Fsp3) is 0.500. The summed E-state index contributed by atoms with van der Waals surface area (Å²) >= 11 is 0.